The second-order valence-electron chi connectivity index (χ2n) is 13.3. The first-order chi connectivity index (χ1) is 24.7. The molecular weight excluding hydrogens is 648 g/mol. The summed E-state index contributed by atoms with van der Waals surface area (Å²) in [6.45, 7) is 4.72. The highest BCUT2D eigenvalue weighted by molar-refractivity contribution is 6.05. The number of amides is 2. The third-order valence-electron chi connectivity index (χ3n) is 9.62. The monoisotopic (exact) mass is 692 g/mol. The number of hydrogen-bond acceptors (Lipinski definition) is 9. The summed E-state index contributed by atoms with van der Waals surface area (Å²) in [4.78, 5) is 47.1. The Kier molecular flexibility index (Phi) is 11.2. The van der Waals surface area contributed by atoms with Gasteiger partial charge in [-0.2, -0.15) is 0 Å². The van der Waals surface area contributed by atoms with E-state index in [1.165, 1.54) is 0 Å². The van der Waals surface area contributed by atoms with Crippen molar-refractivity contribution in [3.8, 4) is 11.1 Å². The highest BCUT2D eigenvalue weighted by Crippen LogP contribution is 2.43. The quantitative estimate of drug-likeness (QED) is 0.0817. The fourth-order valence-electron chi connectivity index (χ4n) is 6.35. The molecular formula is C39H44N6O6. The summed E-state index contributed by atoms with van der Waals surface area (Å²) < 4.78 is 0. The number of anilines is 2. The van der Waals surface area contributed by atoms with Crippen LogP contribution in [0.25, 0.3) is 11.1 Å². The summed E-state index contributed by atoms with van der Waals surface area (Å²) in [6, 6.07) is 14.0. The third kappa shape index (κ3) is 8.49. The van der Waals surface area contributed by atoms with Crippen molar-refractivity contribution in [2.24, 2.45) is 0 Å². The second-order valence-corrected chi connectivity index (χ2v) is 13.3. The number of aromatic nitrogens is 2. The number of carbonyl (C=O) groups is 3. The van der Waals surface area contributed by atoms with E-state index in [2.05, 4.69) is 31.2 Å². The van der Waals surface area contributed by atoms with Gasteiger partial charge < -0.3 is 31.3 Å². The Labute approximate surface area is 296 Å². The van der Waals surface area contributed by atoms with Gasteiger partial charge in [-0.1, -0.05) is 24.3 Å². The number of carboxylic acid groups (broad SMARTS) is 1. The maximum atomic E-state index is 13.5. The van der Waals surface area contributed by atoms with E-state index in [1.54, 1.807) is 18.5 Å². The SMILES string of the molecule is Cc1c(NC(=O)c2cc(C3CC3)c(CNCCO)cn2)cccc1-c1cccc(NC(=O)c2cc(C3CC3)c(CN[C@H](CO)C(=O)O)cn2)c1C. The molecule has 2 aromatic carbocycles. The predicted molar refractivity (Wildman–Crippen MR) is 194 cm³/mol. The standard InChI is InChI=1S/C39H44N6O6/c1-22-28(5-3-7-32(22)44-37(48)34-15-30(24-9-10-24)26(18-41-34)17-40-13-14-46)29-6-4-8-33(23(29)2)45-38(49)35-16-31(25-11-12-25)27(19-42-35)20-43-36(21-47)39(50)51/h3-8,15-16,18-19,24-25,36,40,43,46-47H,9-14,17,20-21H2,1-2H3,(H,44,48)(H,45,49)(H,50,51)/t36-/m1/s1. The number of hydrogen-bond donors (Lipinski definition) is 7. The van der Waals surface area contributed by atoms with E-state index in [-0.39, 0.29) is 36.6 Å². The van der Waals surface area contributed by atoms with Crippen molar-refractivity contribution in [1.29, 1.82) is 0 Å². The van der Waals surface area contributed by atoms with Gasteiger partial charge in [-0.05, 0) is 120 Å². The predicted octanol–water partition coefficient (Wildman–Crippen LogP) is 4.64. The van der Waals surface area contributed by atoms with Gasteiger partial charge in [0.1, 0.15) is 17.4 Å². The van der Waals surface area contributed by atoms with Gasteiger partial charge in [-0.25, -0.2) is 0 Å². The molecule has 6 rings (SSSR count). The molecule has 1 atom stereocenters. The van der Waals surface area contributed by atoms with Crippen molar-refractivity contribution in [2.75, 3.05) is 30.4 Å². The number of rotatable bonds is 16. The summed E-state index contributed by atoms with van der Waals surface area (Å²) >= 11 is 0. The van der Waals surface area contributed by atoms with Crippen LogP contribution in [0, 0.1) is 13.8 Å². The van der Waals surface area contributed by atoms with Crippen molar-refractivity contribution in [3.63, 3.8) is 0 Å². The lowest BCUT2D eigenvalue weighted by molar-refractivity contribution is -0.140. The molecule has 2 amide bonds. The highest BCUT2D eigenvalue weighted by Gasteiger charge is 2.29. The number of carboxylic acids is 1. The Bertz CT molecular complexity index is 1940. The van der Waals surface area contributed by atoms with Crippen molar-refractivity contribution >= 4 is 29.2 Å². The van der Waals surface area contributed by atoms with Crippen LogP contribution in [-0.2, 0) is 17.9 Å². The number of aliphatic hydroxyl groups excluding tert-OH is 2. The van der Waals surface area contributed by atoms with Crippen LogP contribution in [0.5, 0.6) is 0 Å². The van der Waals surface area contributed by atoms with Gasteiger partial charge in [0.05, 0.1) is 13.2 Å². The average Bonchev–Trinajstić information content (AvgIpc) is 4.05. The summed E-state index contributed by atoms with van der Waals surface area (Å²) in [7, 11) is 0. The summed E-state index contributed by atoms with van der Waals surface area (Å²) in [5, 5.41) is 39.9. The lowest BCUT2D eigenvalue weighted by atomic mass is 9.94. The fourth-order valence-corrected chi connectivity index (χ4v) is 6.35. The van der Waals surface area contributed by atoms with Gasteiger partial charge >= 0.3 is 5.97 Å². The normalized spacial score (nSPS) is 14.6. The molecule has 0 unspecified atom stereocenters. The molecule has 12 nitrogen and oxygen atoms in total. The van der Waals surface area contributed by atoms with Gasteiger partial charge in [0.2, 0.25) is 0 Å². The molecule has 2 saturated carbocycles. The Morgan fingerprint density at radius 2 is 1.25 bits per heavy atom. The highest BCUT2D eigenvalue weighted by atomic mass is 16.4. The lowest BCUT2D eigenvalue weighted by Crippen LogP contribution is -2.39. The van der Waals surface area contributed by atoms with E-state index in [0.29, 0.717) is 36.1 Å². The lowest BCUT2D eigenvalue weighted by Gasteiger charge is -2.17. The van der Waals surface area contributed by atoms with Crippen LogP contribution in [0.1, 0.15) is 91.9 Å². The molecule has 266 valence electrons. The Morgan fingerprint density at radius 1 is 0.765 bits per heavy atom. The zero-order valence-corrected chi connectivity index (χ0v) is 28.8. The molecule has 51 heavy (non-hydrogen) atoms. The molecule has 0 spiro atoms. The van der Waals surface area contributed by atoms with E-state index >= 15 is 0 Å². The van der Waals surface area contributed by atoms with Gasteiger partial charge in [0, 0.05) is 43.4 Å². The minimum Gasteiger partial charge on any atom is -0.480 e. The van der Waals surface area contributed by atoms with E-state index < -0.39 is 18.6 Å². The molecule has 2 aliphatic carbocycles. The number of pyridine rings is 2. The van der Waals surface area contributed by atoms with Crippen LogP contribution in [0.4, 0.5) is 11.4 Å². The molecule has 12 heteroatoms. The fraction of sp³-hybridized carbons (Fsp3) is 0.359. The van der Waals surface area contributed by atoms with E-state index in [9.17, 15) is 24.6 Å². The molecule has 0 saturated heterocycles. The third-order valence-corrected chi connectivity index (χ3v) is 9.62. The van der Waals surface area contributed by atoms with Crippen LogP contribution >= 0.6 is 0 Å². The number of aliphatic hydroxyl groups is 2. The van der Waals surface area contributed by atoms with E-state index in [4.69, 9.17) is 5.11 Å². The van der Waals surface area contributed by atoms with Crippen LogP contribution in [0.2, 0.25) is 0 Å². The van der Waals surface area contributed by atoms with Crippen molar-refractivity contribution < 1.29 is 29.7 Å². The number of nitrogens with one attached hydrogen (secondary N) is 4. The first kappa shape index (κ1) is 35.8. The number of carbonyl (C=O) groups excluding carboxylic acids is 2. The maximum Gasteiger partial charge on any atom is 0.323 e. The molecule has 2 aromatic heterocycles. The van der Waals surface area contributed by atoms with Crippen LogP contribution in [0.15, 0.2) is 60.9 Å². The van der Waals surface area contributed by atoms with Gasteiger partial charge in [-0.15, -0.1) is 0 Å². The minimum atomic E-state index is -1.14. The van der Waals surface area contributed by atoms with E-state index in [0.717, 1.165) is 70.2 Å². The van der Waals surface area contributed by atoms with Crippen LogP contribution in [-0.4, -0.2) is 68.9 Å². The molecule has 2 aliphatic rings. The van der Waals surface area contributed by atoms with Crippen LogP contribution in [0.3, 0.4) is 0 Å². The second kappa shape index (κ2) is 15.9. The first-order valence-corrected chi connectivity index (χ1v) is 17.4. The summed E-state index contributed by atoms with van der Waals surface area (Å²) in [5.41, 5.74) is 9.36. The molecule has 0 bridgehead atoms. The zero-order chi connectivity index (χ0) is 36.1. The number of benzene rings is 2. The molecule has 2 fully saturated rings. The van der Waals surface area contributed by atoms with Crippen molar-refractivity contribution in [3.05, 3.63) is 106 Å². The van der Waals surface area contributed by atoms with Crippen molar-refractivity contribution in [1.82, 2.24) is 20.6 Å². The van der Waals surface area contributed by atoms with Gasteiger partial charge in [0.15, 0.2) is 0 Å². The van der Waals surface area contributed by atoms with E-state index in [1.807, 2.05) is 56.3 Å². The topological polar surface area (TPSA) is 186 Å². The number of aliphatic carboxylic acids is 1. The summed E-state index contributed by atoms with van der Waals surface area (Å²) in [5.74, 6) is -1.08. The summed E-state index contributed by atoms with van der Waals surface area (Å²) in [6.07, 6.45) is 7.49. The average molecular weight is 693 g/mol. The molecule has 7 N–H and O–H groups in total. The minimum absolute atomic E-state index is 0.0583. The number of nitrogens with zero attached hydrogens (tertiary/aromatic N) is 2. The Balaban J connectivity index is 1.18. The first-order valence-electron chi connectivity index (χ1n) is 17.4. The Morgan fingerprint density at radius 3 is 1.69 bits per heavy atom. The maximum absolute atomic E-state index is 13.5. The molecule has 0 radical (unpaired) electrons. The van der Waals surface area contributed by atoms with Crippen molar-refractivity contribution in [2.45, 2.75) is 70.5 Å². The van der Waals surface area contributed by atoms with Gasteiger partial charge in [0.25, 0.3) is 11.8 Å². The molecule has 2 heterocycles. The van der Waals surface area contributed by atoms with Crippen LogP contribution < -0.4 is 21.3 Å². The van der Waals surface area contributed by atoms with Gasteiger partial charge in [-0.3, -0.25) is 29.7 Å². The smallest absolute Gasteiger partial charge is 0.323 e. The zero-order valence-electron chi connectivity index (χ0n) is 28.8. The molecule has 0 aliphatic heterocycles. The molecule has 4 aromatic rings. The Hall–Kier alpha value is -5.01. The largest absolute Gasteiger partial charge is 0.480 e.